The number of halogens is 1. The number of anilines is 1. The lowest BCUT2D eigenvalue weighted by molar-refractivity contribution is -0.384. The molecular weight excluding hydrogens is 588 g/mol. The van der Waals surface area contributed by atoms with Crippen LogP contribution in [0.4, 0.5) is 10.8 Å². The van der Waals surface area contributed by atoms with Crippen molar-refractivity contribution in [3.63, 3.8) is 0 Å². The molecule has 208 valence electrons. The fraction of sp³-hybridized carbons (Fsp3) is 0.143. The Labute approximate surface area is 247 Å². The normalized spacial score (nSPS) is 16.2. The first-order valence-electron chi connectivity index (χ1n) is 12.3. The van der Waals surface area contributed by atoms with Gasteiger partial charge in [-0.1, -0.05) is 46.8 Å². The first-order chi connectivity index (χ1) is 19.8. The Kier molecular flexibility index (Phi) is 8.34. The Morgan fingerprint density at radius 3 is 2.39 bits per heavy atom. The Morgan fingerprint density at radius 1 is 1.07 bits per heavy atom. The van der Waals surface area contributed by atoms with Gasteiger partial charge in [0.1, 0.15) is 11.5 Å². The van der Waals surface area contributed by atoms with E-state index in [0.29, 0.717) is 38.6 Å². The highest BCUT2D eigenvalue weighted by Gasteiger charge is 2.48. The van der Waals surface area contributed by atoms with Crippen LogP contribution >= 0.6 is 34.7 Å². The molecule has 0 aliphatic carbocycles. The van der Waals surface area contributed by atoms with E-state index in [0.717, 1.165) is 16.9 Å². The topological polar surface area (TPSA) is 136 Å². The molecule has 3 aromatic carbocycles. The molecule has 1 fully saturated rings. The Balaban J connectivity index is 1.53. The van der Waals surface area contributed by atoms with Crippen molar-refractivity contribution in [3.8, 4) is 5.75 Å². The minimum Gasteiger partial charge on any atom is -0.507 e. The smallest absolute Gasteiger partial charge is 0.301 e. The summed E-state index contributed by atoms with van der Waals surface area (Å²) in [5.41, 5.74) is 1.37. The Hall–Kier alpha value is -4.26. The number of hydrogen-bond donors (Lipinski definition) is 1. The number of aliphatic hydroxyl groups excluding tert-OH is 1. The molecule has 4 aromatic rings. The number of carbonyl (C=O) groups excluding carboxylic acids is 2. The van der Waals surface area contributed by atoms with Gasteiger partial charge < -0.3 is 9.84 Å². The van der Waals surface area contributed by atoms with Gasteiger partial charge >= 0.3 is 5.91 Å². The third-order valence-corrected chi connectivity index (χ3v) is 8.56. The molecule has 1 aliphatic rings. The molecule has 0 radical (unpaired) electrons. The number of hydrogen-bond acceptors (Lipinski definition) is 10. The average molecular weight is 609 g/mol. The van der Waals surface area contributed by atoms with Crippen LogP contribution in [0.1, 0.15) is 29.7 Å². The molecule has 1 atom stereocenters. The number of nitrogens with zero attached hydrogens (tertiary/aromatic N) is 4. The third kappa shape index (κ3) is 5.94. The number of amides is 1. The number of non-ortho nitro benzene ring substituents is 1. The minimum absolute atomic E-state index is 0.153. The van der Waals surface area contributed by atoms with E-state index in [1.165, 1.54) is 40.9 Å². The van der Waals surface area contributed by atoms with Crippen LogP contribution in [0.5, 0.6) is 5.75 Å². The molecule has 1 unspecified atom stereocenters. The van der Waals surface area contributed by atoms with Crippen LogP contribution in [-0.2, 0) is 15.3 Å². The number of ether oxygens (including phenoxy) is 1. The van der Waals surface area contributed by atoms with Crippen molar-refractivity contribution < 1.29 is 24.4 Å². The molecular formula is C28H21ClN4O6S2. The van der Waals surface area contributed by atoms with E-state index < -0.39 is 22.7 Å². The zero-order chi connectivity index (χ0) is 29.1. The number of ketones is 1. The lowest BCUT2D eigenvalue weighted by atomic mass is 9.95. The van der Waals surface area contributed by atoms with Crippen molar-refractivity contribution in [2.24, 2.45) is 0 Å². The van der Waals surface area contributed by atoms with Gasteiger partial charge in [-0.05, 0) is 66.6 Å². The predicted molar refractivity (Wildman–Crippen MR) is 156 cm³/mol. The summed E-state index contributed by atoms with van der Waals surface area (Å²) in [6.07, 6.45) is 0. The largest absolute Gasteiger partial charge is 0.507 e. The highest BCUT2D eigenvalue weighted by atomic mass is 35.5. The van der Waals surface area contributed by atoms with Gasteiger partial charge in [-0.3, -0.25) is 24.6 Å². The van der Waals surface area contributed by atoms with Gasteiger partial charge in [-0.25, -0.2) is 0 Å². The number of thioether (sulfide) groups is 1. The van der Waals surface area contributed by atoms with Gasteiger partial charge in [0, 0.05) is 28.5 Å². The summed E-state index contributed by atoms with van der Waals surface area (Å²) in [4.78, 5) is 38.6. The number of aromatic nitrogens is 2. The second-order valence-corrected chi connectivity index (χ2v) is 11.4. The number of carbonyl (C=O) groups is 2. The Bertz CT molecular complexity index is 1640. The summed E-state index contributed by atoms with van der Waals surface area (Å²) in [6.45, 7) is 2.30. The van der Waals surface area contributed by atoms with Gasteiger partial charge in [0.2, 0.25) is 5.13 Å². The first kappa shape index (κ1) is 28.3. The van der Waals surface area contributed by atoms with Crippen molar-refractivity contribution in [1.29, 1.82) is 0 Å². The van der Waals surface area contributed by atoms with Crippen LogP contribution in [0.15, 0.2) is 82.7 Å². The molecule has 0 spiro atoms. The van der Waals surface area contributed by atoms with E-state index >= 15 is 0 Å². The summed E-state index contributed by atoms with van der Waals surface area (Å²) >= 11 is 8.48. The van der Waals surface area contributed by atoms with Crippen LogP contribution in [0, 0.1) is 10.1 Å². The van der Waals surface area contributed by atoms with E-state index in [1.807, 2.05) is 19.1 Å². The highest BCUT2D eigenvalue weighted by molar-refractivity contribution is 8.00. The monoisotopic (exact) mass is 608 g/mol. The molecule has 2 heterocycles. The van der Waals surface area contributed by atoms with Crippen molar-refractivity contribution in [2.75, 3.05) is 11.5 Å². The maximum Gasteiger partial charge on any atom is 0.301 e. The summed E-state index contributed by atoms with van der Waals surface area (Å²) in [5, 5.41) is 31.7. The predicted octanol–water partition coefficient (Wildman–Crippen LogP) is 6.42. The first-order valence-corrected chi connectivity index (χ1v) is 14.4. The average Bonchev–Trinajstić information content (AvgIpc) is 3.55. The van der Waals surface area contributed by atoms with Crippen molar-refractivity contribution in [3.05, 3.63) is 110 Å². The zero-order valence-corrected chi connectivity index (χ0v) is 23.8. The molecule has 5 rings (SSSR count). The fourth-order valence-electron chi connectivity index (χ4n) is 4.24. The van der Waals surface area contributed by atoms with Crippen LogP contribution in [0.3, 0.4) is 0 Å². The van der Waals surface area contributed by atoms with Crippen LogP contribution in [0.25, 0.3) is 5.76 Å². The maximum absolute atomic E-state index is 13.4. The van der Waals surface area contributed by atoms with Gasteiger partial charge in [0.05, 0.1) is 23.1 Å². The number of aliphatic hydroxyl groups is 1. The lowest BCUT2D eigenvalue weighted by Gasteiger charge is -2.22. The lowest BCUT2D eigenvalue weighted by Crippen LogP contribution is -2.29. The summed E-state index contributed by atoms with van der Waals surface area (Å²) in [6, 6.07) is 18.2. The summed E-state index contributed by atoms with van der Waals surface area (Å²) in [7, 11) is 0. The molecule has 1 N–H and O–H groups in total. The van der Waals surface area contributed by atoms with Crippen molar-refractivity contribution >= 4 is 63.0 Å². The second kappa shape index (κ2) is 12.1. The number of nitro groups is 1. The molecule has 10 nitrogen and oxygen atoms in total. The van der Waals surface area contributed by atoms with E-state index in [9.17, 15) is 24.8 Å². The molecule has 1 saturated heterocycles. The van der Waals surface area contributed by atoms with Crippen LogP contribution in [-0.4, -0.2) is 38.5 Å². The van der Waals surface area contributed by atoms with Crippen molar-refractivity contribution in [2.45, 2.75) is 23.1 Å². The fourth-order valence-corrected chi connectivity index (χ4v) is 6.19. The minimum atomic E-state index is -1.09. The van der Waals surface area contributed by atoms with Crippen molar-refractivity contribution in [1.82, 2.24) is 10.2 Å². The van der Waals surface area contributed by atoms with Gasteiger partial charge in [-0.15, -0.1) is 10.2 Å². The molecule has 1 amide bonds. The van der Waals surface area contributed by atoms with E-state index in [4.69, 9.17) is 16.3 Å². The molecule has 41 heavy (non-hydrogen) atoms. The molecule has 13 heteroatoms. The van der Waals surface area contributed by atoms with E-state index in [1.54, 1.807) is 36.4 Å². The third-order valence-electron chi connectivity index (χ3n) is 6.18. The number of Topliss-reactive ketones (excluding diaryl/α,β-unsaturated/α-hetero) is 1. The van der Waals surface area contributed by atoms with E-state index in [-0.39, 0.29) is 22.2 Å². The second-order valence-electron chi connectivity index (χ2n) is 8.74. The number of rotatable bonds is 9. The SMILES string of the molecule is CCOc1ccc(/C(O)=C2/C(=O)C(=O)N(c3nnc(SCc4ccc(Cl)cc4)s3)C2c2ccc([N+](=O)[O-])cc2)cc1. The zero-order valence-electron chi connectivity index (χ0n) is 21.4. The van der Waals surface area contributed by atoms with Gasteiger partial charge in [-0.2, -0.15) is 0 Å². The molecule has 1 aliphatic heterocycles. The van der Waals surface area contributed by atoms with E-state index in [2.05, 4.69) is 10.2 Å². The Morgan fingerprint density at radius 2 is 1.76 bits per heavy atom. The van der Waals surface area contributed by atoms with Crippen LogP contribution < -0.4 is 9.64 Å². The standard InChI is InChI=1S/C28H21ClN4O6S2/c1-2-39-21-13-7-18(8-14-21)24(34)22-23(17-5-11-20(12-6-17)33(37)38)32(26(36)25(22)35)27-30-31-28(41-27)40-15-16-3-9-19(29)10-4-16/h3-14,23,34H,2,15H2,1H3/b24-22-. The quantitative estimate of drug-likeness (QED) is 0.0434. The van der Waals surface area contributed by atoms with Crippen LogP contribution in [0.2, 0.25) is 5.02 Å². The summed E-state index contributed by atoms with van der Waals surface area (Å²) in [5.74, 6) is -1.04. The van der Waals surface area contributed by atoms with Gasteiger partial charge in [0.25, 0.3) is 11.5 Å². The number of nitro benzene ring substituents is 1. The summed E-state index contributed by atoms with van der Waals surface area (Å²) < 4.78 is 6.01. The highest BCUT2D eigenvalue weighted by Crippen LogP contribution is 2.44. The molecule has 0 bridgehead atoms. The molecule has 1 aromatic heterocycles. The maximum atomic E-state index is 13.4. The molecule has 0 saturated carbocycles. The van der Waals surface area contributed by atoms with Gasteiger partial charge in [0.15, 0.2) is 4.34 Å². The number of benzene rings is 3.